The van der Waals surface area contributed by atoms with E-state index in [0.29, 0.717) is 0 Å². The monoisotopic (exact) mass is 728 g/mol. The minimum Gasteiger partial charge on any atom is -0.382 e. The maximum absolute atomic E-state index is 16.9. The largest absolute Gasteiger partial charge is 0.382 e. The second kappa shape index (κ2) is 10.9. The molecule has 26 heteroatoms. The molecule has 0 spiro atoms. The molecule has 46 heavy (non-hydrogen) atoms. The van der Waals surface area contributed by atoms with Gasteiger partial charge in [-0.3, -0.25) is 28.0 Å². The number of fused-ring (bicyclic) bond motifs is 5. The lowest BCUT2D eigenvalue weighted by Gasteiger charge is -2.32. The Balaban J connectivity index is 1.25. The molecule has 0 aromatic carbocycles. The minimum atomic E-state index is -4.63. The van der Waals surface area contributed by atoms with Gasteiger partial charge < -0.3 is 39.8 Å². The number of anilines is 2. The van der Waals surface area contributed by atoms with Crippen molar-refractivity contribution in [2.75, 3.05) is 31.3 Å². The maximum Gasteiger partial charge on any atom is 0.325 e. The predicted molar refractivity (Wildman–Crippen MR) is 155 cm³/mol. The summed E-state index contributed by atoms with van der Waals surface area (Å²) in [7, 11) is 0. The summed E-state index contributed by atoms with van der Waals surface area (Å²) in [6, 6.07) is 0. The van der Waals surface area contributed by atoms with Crippen molar-refractivity contribution < 1.29 is 50.5 Å². The molecule has 0 saturated carbocycles. The minimum absolute atomic E-state index is 0.0425. The van der Waals surface area contributed by atoms with Gasteiger partial charge in [-0.25, -0.2) is 33.1 Å². The third-order valence-electron chi connectivity index (χ3n) is 7.42. The molecular weight excluding hydrogens is 707 g/mol. The van der Waals surface area contributed by atoms with Crippen LogP contribution in [0.25, 0.3) is 22.3 Å². The van der Waals surface area contributed by atoms with Crippen LogP contribution in [0.15, 0.2) is 23.8 Å². The van der Waals surface area contributed by atoms with E-state index >= 15 is 13.2 Å². The van der Waals surface area contributed by atoms with Gasteiger partial charge in [0.15, 0.2) is 47.2 Å². The van der Waals surface area contributed by atoms with Crippen LogP contribution in [0.5, 0.6) is 0 Å². The van der Waals surface area contributed by atoms with E-state index in [4.69, 9.17) is 62.6 Å². The highest BCUT2D eigenvalue weighted by molar-refractivity contribution is 8.07. The van der Waals surface area contributed by atoms with Crippen LogP contribution < -0.4 is 17.0 Å². The molecule has 3 fully saturated rings. The van der Waals surface area contributed by atoms with Crippen molar-refractivity contribution in [2.24, 2.45) is 0 Å². The van der Waals surface area contributed by atoms with Gasteiger partial charge in [0.2, 0.25) is 11.7 Å². The molecule has 7 N–H and O–H groups in total. The first kappa shape index (κ1) is 31.8. The first-order valence-electron chi connectivity index (χ1n) is 12.9. The Morgan fingerprint density at radius 3 is 2.43 bits per heavy atom. The summed E-state index contributed by atoms with van der Waals surface area (Å²) in [5.74, 6) is -7.15. The zero-order chi connectivity index (χ0) is 32.8. The Hall–Kier alpha value is -2.73. The molecule has 2 unspecified atom stereocenters. The van der Waals surface area contributed by atoms with E-state index in [-0.39, 0.29) is 34.1 Å². The fourth-order valence-electron chi connectivity index (χ4n) is 5.29. The van der Waals surface area contributed by atoms with E-state index in [1.165, 1.54) is 0 Å². The zero-order valence-electron chi connectivity index (χ0n) is 22.6. The Morgan fingerprint density at radius 2 is 1.67 bits per heavy atom. The molecular formula is C20H21F3N10O9P2S2. The molecule has 3 saturated heterocycles. The van der Waals surface area contributed by atoms with Gasteiger partial charge >= 0.3 is 19.4 Å². The highest BCUT2D eigenvalue weighted by Crippen LogP contribution is 2.57. The number of nitrogens with two attached hydrogens (primary N) is 2. The lowest BCUT2D eigenvalue weighted by Crippen LogP contribution is -2.45. The van der Waals surface area contributed by atoms with Crippen molar-refractivity contribution >= 4 is 71.1 Å². The van der Waals surface area contributed by atoms with Crippen LogP contribution >= 0.6 is 13.4 Å². The summed E-state index contributed by atoms with van der Waals surface area (Å²) in [5, 5.41) is 0. The van der Waals surface area contributed by atoms with E-state index in [9.17, 15) is 14.6 Å². The number of nitrogens with one attached hydrogen (secondary N) is 1. The van der Waals surface area contributed by atoms with Crippen LogP contribution in [0.3, 0.4) is 0 Å². The molecule has 7 rings (SSSR count). The van der Waals surface area contributed by atoms with Crippen LogP contribution in [-0.4, -0.2) is 99.0 Å². The van der Waals surface area contributed by atoms with E-state index < -0.39 is 81.2 Å². The predicted octanol–water partition coefficient (Wildman–Crippen LogP) is -0.0715. The van der Waals surface area contributed by atoms with Gasteiger partial charge in [-0.15, -0.1) is 0 Å². The first-order chi connectivity index (χ1) is 21.6. The molecule has 4 aromatic rings. The molecule has 248 valence electrons. The summed E-state index contributed by atoms with van der Waals surface area (Å²) < 4.78 is 83.2. The number of alkyl halides is 3. The summed E-state index contributed by atoms with van der Waals surface area (Å²) in [6.45, 7) is -11.9. The van der Waals surface area contributed by atoms with Crippen LogP contribution in [0.1, 0.15) is 6.23 Å². The molecule has 0 aliphatic carbocycles. The van der Waals surface area contributed by atoms with Crippen molar-refractivity contribution in [3.05, 3.63) is 29.3 Å². The van der Waals surface area contributed by atoms with Crippen LogP contribution in [0, 0.1) is 0 Å². The third-order valence-corrected chi connectivity index (χ3v) is 10.5. The number of imidazole rings is 2. The van der Waals surface area contributed by atoms with E-state index in [0.717, 1.165) is 28.1 Å². The number of aromatic amines is 1. The highest BCUT2D eigenvalue weighted by Gasteiger charge is 2.63. The lowest BCUT2D eigenvalue weighted by atomic mass is 10.1. The van der Waals surface area contributed by atoms with E-state index in [2.05, 4.69) is 29.9 Å². The Labute approximate surface area is 263 Å². The van der Waals surface area contributed by atoms with Crippen molar-refractivity contribution in [1.29, 1.82) is 0 Å². The SMILES string of the molecule is Nc1nc2c(ncn2[C@@H]2O[C@@H]3COP(O)(=S)O[C@@H]4[C@@H](COP(O)(=S)O[C@@H]2C3(F)F)OC[C@]4(F)n2cnc3c(N)ncnc32)c(=O)[nH]1. The lowest BCUT2D eigenvalue weighted by molar-refractivity contribution is -0.118. The Morgan fingerprint density at radius 1 is 0.978 bits per heavy atom. The number of hydrogen-bond acceptors (Lipinski definition) is 16. The number of halogens is 3. The van der Waals surface area contributed by atoms with Crippen LogP contribution in [0.2, 0.25) is 0 Å². The quantitative estimate of drug-likeness (QED) is 0.169. The number of aromatic nitrogens is 8. The van der Waals surface area contributed by atoms with Gasteiger partial charge in [0.05, 0.1) is 25.9 Å². The molecule has 19 nitrogen and oxygen atoms in total. The van der Waals surface area contributed by atoms with Gasteiger partial charge in [-0.1, -0.05) is 0 Å². The third kappa shape index (κ3) is 5.22. The second-order valence-corrected chi connectivity index (χ2v) is 15.8. The second-order valence-electron chi connectivity index (χ2n) is 10.3. The summed E-state index contributed by atoms with van der Waals surface area (Å²) in [5.41, 5.74) is 10.1. The summed E-state index contributed by atoms with van der Waals surface area (Å²) in [6.07, 6.45) is -6.75. The van der Waals surface area contributed by atoms with Crippen molar-refractivity contribution in [3.63, 3.8) is 0 Å². The van der Waals surface area contributed by atoms with Gasteiger partial charge in [0.1, 0.15) is 24.6 Å². The van der Waals surface area contributed by atoms with Crippen LogP contribution in [-0.2, 0) is 57.0 Å². The number of nitrogen functional groups attached to an aromatic ring is 2. The molecule has 4 aromatic heterocycles. The molecule has 8 atom stereocenters. The van der Waals surface area contributed by atoms with Crippen molar-refractivity contribution in [1.82, 2.24) is 39.0 Å². The topological polar surface area (TPSA) is 255 Å². The number of ether oxygens (including phenoxy) is 2. The highest BCUT2D eigenvalue weighted by atomic mass is 32.5. The first-order valence-corrected chi connectivity index (χ1v) is 18.1. The average molecular weight is 729 g/mol. The van der Waals surface area contributed by atoms with Crippen LogP contribution in [0.4, 0.5) is 24.9 Å². The van der Waals surface area contributed by atoms with Gasteiger partial charge in [0.25, 0.3) is 5.56 Å². The summed E-state index contributed by atoms with van der Waals surface area (Å²) in [4.78, 5) is 56.1. The zero-order valence-corrected chi connectivity index (χ0v) is 26.0. The molecule has 2 bridgehead atoms. The molecule has 3 aliphatic rings. The smallest absolute Gasteiger partial charge is 0.325 e. The Bertz CT molecular complexity index is 2020. The number of hydrogen-bond donors (Lipinski definition) is 5. The molecule has 0 amide bonds. The number of rotatable bonds is 2. The van der Waals surface area contributed by atoms with Gasteiger partial charge in [-0.2, -0.15) is 4.98 Å². The number of nitrogens with zero attached hydrogens (tertiary/aromatic N) is 7. The van der Waals surface area contributed by atoms with E-state index in [1.807, 2.05) is 0 Å². The fraction of sp³-hybridized carbons (Fsp3) is 0.500. The fourth-order valence-corrected chi connectivity index (χ4v) is 8.11. The maximum atomic E-state index is 16.9. The number of H-pyrrole nitrogens is 1. The standard InChI is InChI=1S/C20H21F3N10O9P2S2/c21-19(33-6-29-9-13(24)26-4-27-14(9)33)3-37-7-1-38-43(35,45)42-12-17(32-5-28-10-15(32)30-18(25)31-16(10)34)40-8(20(12,22)23)2-39-44(36,46)41-11(7)19/h4-8,11-12,17H,1-3H2,(H,35,45)(H,36,46)(H2,24,26,27)(H3,25,30,31,34)/t7-,8-,11-,12+,17-,19+,43?,44?/m1/s1. The average Bonchev–Trinajstić information content (AvgIpc) is 3.72. The Kier molecular flexibility index (Phi) is 7.55. The van der Waals surface area contributed by atoms with Gasteiger partial charge in [0, 0.05) is 0 Å². The summed E-state index contributed by atoms with van der Waals surface area (Å²) >= 11 is 10.1. The molecule has 7 heterocycles. The molecule has 0 radical (unpaired) electrons. The van der Waals surface area contributed by atoms with Crippen molar-refractivity contribution in [3.8, 4) is 0 Å². The van der Waals surface area contributed by atoms with Gasteiger partial charge in [-0.05, 0) is 23.6 Å². The molecule has 3 aliphatic heterocycles. The van der Waals surface area contributed by atoms with Crippen molar-refractivity contribution in [2.45, 2.75) is 42.4 Å². The van der Waals surface area contributed by atoms with E-state index in [1.54, 1.807) is 0 Å². The normalized spacial score (nSPS) is 36.7.